The van der Waals surface area contributed by atoms with E-state index >= 15 is 0 Å². The molecule has 0 saturated carbocycles. The molecule has 0 amide bonds. The minimum absolute atomic E-state index is 0.514. The van der Waals surface area contributed by atoms with Gasteiger partial charge in [0.25, 0.3) is 0 Å². The summed E-state index contributed by atoms with van der Waals surface area (Å²) >= 11 is 0. The number of aryl methyl sites for hydroxylation is 1. The molecule has 0 aromatic heterocycles. The number of hydrogen-bond donors (Lipinski definition) is 1. The molecule has 2 aromatic rings. The van der Waals surface area contributed by atoms with Crippen molar-refractivity contribution in [2.45, 2.75) is 36.8 Å². The minimum Gasteiger partial charge on any atom is -0.497 e. The first-order valence-corrected chi connectivity index (χ1v) is 9.72. The van der Waals surface area contributed by atoms with Crippen molar-refractivity contribution >= 4 is 10.0 Å². The maximum absolute atomic E-state index is 13.6. The van der Waals surface area contributed by atoms with Gasteiger partial charge in [-0.05, 0) is 60.7 Å². The SMILES string of the molecule is COc1ccc2c(c1)[C@H](NS(=O)(=O)c1cc(F)ccc1OC(F)F)CCC2. The molecule has 5 nitrogen and oxygen atoms in total. The first kappa shape index (κ1) is 19.5. The van der Waals surface area contributed by atoms with Gasteiger partial charge in [0.15, 0.2) is 0 Å². The highest BCUT2D eigenvalue weighted by Crippen LogP contribution is 2.35. The molecule has 1 aliphatic carbocycles. The lowest BCUT2D eigenvalue weighted by molar-refractivity contribution is -0.0518. The van der Waals surface area contributed by atoms with Crippen LogP contribution in [0.15, 0.2) is 41.3 Å². The Bertz CT molecular complexity index is 934. The molecule has 0 heterocycles. The van der Waals surface area contributed by atoms with Crippen LogP contribution in [0.5, 0.6) is 11.5 Å². The van der Waals surface area contributed by atoms with Gasteiger partial charge >= 0.3 is 6.61 Å². The number of methoxy groups -OCH3 is 1. The van der Waals surface area contributed by atoms with Crippen molar-refractivity contribution in [2.75, 3.05) is 7.11 Å². The van der Waals surface area contributed by atoms with Gasteiger partial charge in [-0.2, -0.15) is 8.78 Å². The molecule has 0 fully saturated rings. The molecule has 0 aliphatic heterocycles. The molecule has 9 heteroatoms. The first-order chi connectivity index (χ1) is 12.8. The number of hydrogen-bond acceptors (Lipinski definition) is 4. The predicted octanol–water partition coefficient (Wildman–Crippen LogP) is 3.79. The summed E-state index contributed by atoms with van der Waals surface area (Å²) < 4.78 is 76.2. The van der Waals surface area contributed by atoms with E-state index in [4.69, 9.17) is 4.74 Å². The van der Waals surface area contributed by atoms with Crippen molar-refractivity contribution < 1.29 is 31.1 Å². The number of alkyl halides is 2. The van der Waals surface area contributed by atoms with E-state index in [1.54, 1.807) is 12.1 Å². The summed E-state index contributed by atoms with van der Waals surface area (Å²) in [7, 11) is -2.81. The van der Waals surface area contributed by atoms with Crippen molar-refractivity contribution in [3.63, 3.8) is 0 Å². The van der Waals surface area contributed by atoms with E-state index in [0.29, 0.717) is 18.2 Å². The lowest BCUT2D eigenvalue weighted by Crippen LogP contribution is -2.31. The Morgan fingerprint density at radius 1 is 1.19 bits per heavy atom. The standard InChI is InChI=1S/C18H18F3NO4S/c1-25-13-7-5-11-3-2-4-15(14(11)10-13)22-27(23,24)17-9-12(19)6-8-16(17)26-18(20)21/h5-10,15,18,22H,2-4H2,1H3/t15-/m1/s1. The fraction of sp³-hybridized carbons (Fsp3) is 0.333. The summed E-state index contributed by atoms with van der Waals surface area (Å²) in [6.45, 7) is -3.23. The number of benzene rings is 2. The molecule has 0 spiro atoms. The summed E-state index contributed by atoms with van der Waals surface area (Å²) in [6.07, 6.45) is 2.05. The van der Waals surface area contributed by atoms with E-state index in [-0.39, 0.29) is 0 Å². The minimum atomic E-state index is -4.31. The van der Waals surface area contributed by atoms with Crippen LogP contribution < -0.4 is 14.2 Å². The Morgan fingerprint density at radius 2 is 1.96 bits per heavy atom. The summed E-state index contributed by atoms with van der Waals surface area (Å²) in [4.78, 5) is -0.669. The zero-order valence-electron chi connectivity index (χ0n) is 14.4. The predicted molar refractivity (Wildman–Crippen MR) is 92.0 cm³/mol. The monoisotopic (exact) mass is 401 g/mol. The normalized spacial score (nSPS) is 16.9. The quantitative estimate of drug-likeness (QED) is 0.800. The van der Waals surface area contributed by atoms with E-state index in [9.17, 15) is 21.6 Å². The van der Waals surface area contributed by atoms with Crippen molar-refractivity contribution in [1.82, 2.24) is 4.72 Å². The van der Waals surface area contributed by atoms with Crippen LogP contribution >= 0.6 is 0 Å². The molecule has 27 heavy (non-hydrogen) atoms. The molecule has 0 bridgehead atoms. The van der Waals surface area contributed by atoms with Crippen LogP contribution in [-0.2, 0) is 16.4 Å². The second-order valence-corrected chi connectivity index (χ2v) is 7.78. The van der Waals surface area contributed by atoms with Crippen LogP contribution in [0.4, 0.5) is 13.2 Å². The Labute approximate surface area is 155 Å². The van der Waals surface area contributed by atoms with Crippen LogP contribution in [0.2, 0.25) is 0 Å². The maximum atomic E-state index is 13.6. The van der Waals surface area contributed by atoms with Gasteiger partial charge in [-0.3, -0.25) is 0 Å². The molecule has 0 saturated heterocycles. The highest BCUT2D eigenvalue weighted by atomic mass is 32.2. The van der Waals surface area contributed by atoms with Gasteiger partial charge in [-0.1, -0.05) is 6.07 Å². The van der Waals surface area contributed by atoms with E-state index in [1.807, 2.05) is 6.07 Å². The van der Waals surface area contributed by atoms with Gasteiger partial charge in [0.2, 0.25) is 10.0 Å². The van der Waals surface area contributed by atoms with E-state index < -0.39 is 39.1 Å². The second kappa shape index (κ2) is 7.77. The summed E-state index contributed by atoms with van der Waals surface area (Å²) in [5.41, 5.74) is 1.72. The molecule has 0 radical (unpaired) electrons. The number of sulfonamides is 1. The topological polar surface area (TPSA) is 64.6 Å². The molecular formula is C18H18F3NO4S. The van der Waals surface area contributed by atoms with Gasteiger partial charge in [0.05, 0.1) is 7.11 Å². The van der Waals surface area contributed by atoms with Crippen molar-refractivity contribution in [1.29, 1.82) is 0 Å². The molecule has 1 atom stereocenters. The lowest BCUT2D eigenvalue weighted by Gasteiger charge is -2.27. The number of fused-ring (bicyclic) bond motifs is 1. The van der Waals surface area contributed by atoms with Crippen LogP contribution in [-0.4, -0.2) is 22.1 Å². The van der Waals surface area contributed by atoms with Crippen LogP contribution in [0, 0.1) is 5.82 Å². The van der Waals surface area contributed by atoms with E-state index in [2.05, 4.69) is 9.46 Å². The molecular weight excluding hydrogens is 383 g/mol. The average Bonchev–Trinajstić information content (AvgIpc) is 2.62. The van der Waals surface area contributed by atoms with Gasteiger partial charge in [0.1, 0.15) is 22.2 Å². The molecule has 2 aromatic carbocycles. The van der Waals surface area contributed by atoms with Crippen molar-refractivity contribution in [3.05, 3.63) is 53.3 Å². The third-order valence-electron chi connectivity index (χ3n) is 4.38. The fourth-order valence-corrected chi connectivity index (χ4v) is 4.56. The Hall–Kier alpha value is -2.26. The highest BCUT2D eigenvalue weighted by molar-refractivity contribution is 7.89. The van der Waals surface area contributed by atoms with Crippen LogP contribution in [0.25, 0.3) is 0 Å². The van der Waals surface area contributed by atoms with E-state index in [1.165, 1.54) is 7.11 Å². The third-order valence-corrected chi connectivity index (χ3v) is 5.87. The summed E-state index contributed by atoms with van der Waals surface area (Å²) in [6, 6.07) is 7.19. The van der Waals surface area contributed by atoms with Gasteiger partial charge < -0.3 is 9.47 Å². The Balaban J connectivity index is 1.96. The molecule has 0 unspecified atom stereocenters. The van der Waals surface area contributed by atoms with Gasteiger partial charge in [-0.15, -0.1) is 0 Å². The van der Waals surface area contributed by atoms with Crippen molar-refractivity contribution in [3.8, 4) is 11.5 Å². The Kier molecular flexibility index (Phi) is 5.61. The fourth-order valence-electron chi connectivity index (χ4n) is 3.16. The molecule has 1 aliphatic rings. The largest absolute Gasteiger partial charge is 0.497 e. The van der Waals surface area contributed by atoms with E-state index in [0.717, 1.165) is 36.1 Å². The first-order valence-electron chi connectivity index (χ1n) is 8.23. The number of nitrogens with one attached hydrogen (secondary N) is 1. The summed E-state index contributed by atoms with van der Waals surface area (Å²) in [5, 5.41) is 0. The number of halogens is 3. The average molecular weight is 401 g/mol. The third kappa shape index (κ3) is 4.36. The lowest BCUT2D eigenvalue weighted by atomic mass is 9.88. The molecule has 146 valence electrons. The smallest absolute Gasteiger partial charge is 0.387 e. The van der Waals surface area contributed by atoms with Crippen molar-refractivity contribution in [2.24, 2.45) is 0 Å². The number of rotatable bonds is 6. The summed E-state index contributed by atoms with van der Waals surface area (Å²) in [5.74, 6) is -0.907. The Morgan fingerprint density at radius 3 is 2.67 bits per heavy atom. The zero-order chi connectivity index (χ0) is 19.6. The van der Waals surface area contributed by atoms with Gasteiger partial charge in [0, 0.05) is 6.04 Å². The second-order valence-electron chi connectivity index (χ2n) is 6.10. The maximum Gasteiger partial charge on any atom is 0.387 e. The van der Waals surface area contributed by atoms with Crippen LogP contribution in [0.1, 0.15) is 30.0 Å². The highest BCUT2D eigenvalue weighted by Gasteiger charge is 2.29. The van der Waals surface area contributed by atoms with Gasteiger partial charge in [-0.25, -0.2) is 17.5 Å². The number of ether oxygens (including phenoxy) is 2. The molecule has 1 N–H and O–H groups in total. The van der Waals surface area contributed by atoms with Crippen LogP contribution in [0.3, 0.4) is 0 Å². The zero-order valence-corrected chi connectivity index (χ0v) is 15.2. The molecule has 3 rings (SSSR count).